The van der Waals surface area contributed by atoms with E-state index in [0.29, 0.717) is 17.6 Å². The third-order valence-corrected chi connectivity index (χ3v) is 11.1. The second-order valence-electron chi connectivity index (χ2n) is 13.9. The molecule has 6 nitrogen and oxygen atoms in total. The van der Waals surface area contributed by atoms with Gasteiger partial charge in [0.15, 0.2) is 11.5 Å². The number of aliphatic hydroxyl groups is 4. The summed E-state index contributed by atoms with van der Waals surface area (Å²) in [5.41, 5.74) is 3.18. The van der Waals surface area contributed by atoms with Gasteiger partial charge in [0.2, 0.25) is 0 Å². The maximum absolute atomic E-state index is 11.8. The van der Waals surface area contributed by atoms with Gasteiger partial charge < -0.3 is 30.6 Å². The summed E-state index contributed by atoms with van der Waals surface area (Å²) < 4.78 is 0. The first-order valence-electron chi connectivity index (χ1n) is 17.3. The molecule has 9 rings (SSSR count). The first-order chi connectivity index (χ1) is 25.2. The molecule has 6 N–H and O–H groups in total. The van der Waals surface area contributed by atoms with E-state index in [4.69, 9.17) is 15.7 Å². The highest BCUT2D eigenvalue weighted by atomic mass is 16.4. The van der Waals surface area contributed by atoms with Crippen molar-refractivity contribution in [3.05, 3.63) is 149 Å². The van der Waals surface area contributed by atoms with E-state index in [1.54, 1.807) is 6.07 Å². The number of allylic oxidation sites excluding steroid dienone is 5. The molecule has 3 aliphatic rings. The minimum Gasteiger partial charge on any atom is -0.508 e. The Hall–Kier alpha value is -5.69. The molecule has 3 aliphatic carbocycles. The van der Waals surface area contributed by atoms with E-state index in [1.165, 1.54) is 0 Å². The number of phenols is 2. The molecule has 0 heterocycles. The van der Waals surface area contributed by atoms with Gasteiger partial charge in [0.1, 0.15) is 33.3 Å². The van der Waals surface area contributed by atoms with Gasteiger partial charge in [-0.05, 0) is 79.6 Å². The molecule has 52 heavy (non-hydrogen) atoms. The summed E-state index contributed by atoms with van der Waals surface area (Å²) in [6.45, 7) is 0. The van der Waals surface area contributed by atoms with Crippen molar-refractivity contribution < 1.29 is 30.6 Å². The molecule has 0 aliphatic heterocycles. The average molecular weight is 678 g/mol. The Morgan fingerprint density at radius 1 is 0.654 bits per heavy atom. The number of rotatable bonds is 3. The highest BCUT2D eigenvalue weighted by Crippen LogP contribution is 2.58. The predicted octanol–water partition coefficient (Wildman–Crippen LogP) is 6.67. The zero-order valence-corrected chi connectivity index (χ0v) is 28.0. The number of hydrogen-bond donors (Lipinski definition) is 6. The van der Waals surface area contributed by atoms with Crippen LogP contribution >= 0.6 is 0 Å². The van der Waals surface area contributed by atoms with Crippen molar-refractivity contribution >= 4 is 64.5 Å². The smallest absolute Gasteiger partial charge is 0.166 e. The Morgan fingerprint density at radius 2 is 1.35 bits per heavy atom. The van der Waals surface area contributed by atoms with Gasteiger partial charge in [0, 0.05) is 34.1 Å². The van der Waals surface area contributed by atoms with Crippen LogP contribution in [0.5, 0.6) is 11.5 Å². The van der Waals surface area contributed by atoms with Crippen LogP contribution < -0.4 is 10.9 Å². The quantitative estimate of drug-likeness (QED) is 0.0708. The highest BCUT2D eigenvalue weighted by Gasteiger charge is 2.51. The Bertz CT molecular complexity index is 2650. The average Bonchev–Trinajstić information content (AvgIpc) is 3.19. The van der Waals surface area contributed by atoms with Gasteiger partial charge in [-0.15, -0.1) is 0 Å². The number of fused-ring (bicyclic) bond motifs is 7. The standard InChI is InChI=1S/C44H32B2O6/c45-37-38(46)40(48)34-32(36-35(41(49)43(51)44(52)42(36)50)31(33(34)39(37)47)22-10-2-1-3-11-22)24-13-8-12-23(19-24)29-20-25-18-17-21-9-4-5-14-26(21)30(25)28-16-7-6-15-27(28)29/h2,4-20,31,35,41,43,47-52H,1,3H2. The molecule has 0 amide bonds. The molecule has 0 fully saturated rings. The number of benzene rings is 6. The summed E-state index contributed by atoms with van der Waals surface area (Å²) in [5.74, 6) is -4.11. The summed E-state index contributed by atoms with van der Waals surface area (Å²) in [6.07, 6.45) is 3.85. The summed E-state index contributed by atoms with van der Waals surface area (Å²) in [7, 11) is 12.6. The molecule has 6 aromatic rings. The van der Waals surface area contributed by atoms with Crippen LogP contribution in [-0.2, 0) is 0 Å². The summed E-state index contributed by atoms with van der Waals surface area (Å²) in [6, 6.07) is 30.5. The maximum Gasteiger partial charge on any atom is 0.166 e. The molecular weight excluding hydrogens is 646 g/mol. The van der Waals surface area contributed by atoms with Gasteiger partial charge in [0.05, 0.1) is 6.10 Å². The number of aromatic hydroxyl groups is 2. The number of hydrogen-bond acceptors (Lipinski definition) is 6. The maximum atomic E-state index is 11.8. The molecule has 250 valence electrons. The van der Waals surface area contributed by atoms with Gasteiger partial charge in [-0.2, -0.15) is 0 Å². The Labute approximate surface area is 302 Å². The second kappa shape index (κ2) is 11.9. The fourth-order valence-electron chi connectivity index (χ4n) is 8.76. The topological polar surface area (TPSA) is 121 Å². The van der Waals surface area contributed by atoms with Crippen molar-refractivity contribution in [2.24, 2.45) is 5.92 Å². The summed E-state index contributed by atoms with van der Waals surface area (Å²) >= 11 is 0. The van der Waals surface area contributed by atoms with Gasteiger partial charge in [-0.3, -0.25) is 0 Å². The molecule has 0 bridgehead atoms. The molecule has 0 saturated heterocycles. The Balaban J connectivity index is 1.36. The van der Waals surface area contributed by atoms with Crippen molar-refractivity contribution in [1.82, 2.24) is 0 Å². The van der Waals surface area contributed by atoms with Gasteiger partial charge >= 0.3 is 0 Å². The molecule has 8 heteroatoms. The molecule has 4 radical (unpaired) electrons. The molecule has 4 atom stereocenters. The lowest BCUT2D eigenvalue weighted by molar-refractivity contribution is -0.0255. The molecular formula is C44H32B2O6. The third kappa shape index (κ3) is 4.54. The van der Waals surface area contributed by atoms with E-state index in [-0.39, 0.29) is 38.9 Å². The van der Waals surface area contributed by atoms with Crippen molar-refractivity contribution in [2.75, 3.05) is 0 Å². The van der Waals surface area contributed by atoms with Crippen molar-refractivity contribution in [3.8, 4) is 22.6 Å². The van der Waals surface area contributed by atoms with Crippen LogP contribution in [-0.4, -0.2) is 58.5 Å². The van der Waals surface area contributed by atoms with E-state index in [2.05, 4.69) is 42.5 Å². The fourth-order valence-corrected chi connectivity index (χ4v) is 8.76. The molecule has 0 aromatic heterocycles. The lowest BCUT2D eigenvalue weighted by atomic mass is 9.59. The Kier molecular flexibility index (Phi) is 7.40. The van der Waals surface area contributed by atoms with Crippen LogP contribution in [0.4, 0.5) is 0 Å². The van der Waals surface area contributed by atoms with E-state index in [9.17, 15) is 30.6 Å². The molecule has 4 unspecified atom stereocenters. The van der Waals surface area contributed by atoms with E-state index >= 15 is 0 Å². The van der Waals surface area contributed by atoms with Crippen LogP contribution in [0.1, 0.15) is 35.4 Å². The van der Waals surface area contributed by atoms with Crippen molar-refractivity contribution in [3.63, 3.8) is 0 Å². The first kappa shape index (κ1) is 32.2. The summed E-state index contributed by atoms with van der Waals surface area (Å²) in [4.78, 5) is 0. The lowest BCUT2D eigenvalue weighted by Crippen LogP contribution is -2.46. The lowest BCUT2D eigenvalue weighted by Gasteiger charge is -2.45. The second-order valence-corrected chi connectivity index (χ2v) is 13.9. The van der Waals surface area contributed by atoms with E-state index in [1.807, 2.05) is 60.7 Å². The van der Waals surface area contributed by atoms with Crippen LogP contribution in [0.3, 0.4) is 0 Å². The SMILES string of the molecule is [B]c1c([B])c(O)c2c(c1O)C(c1cccc(-c3cc4ccc5ccccc5c4c4ccccc34)c1)=C1C(O)=C(O)C(O)C(O)C1C2C1=CCCC=C1. The number of phenolic OH excluding ortho intramolecular Hbond substituents is 2. The van der Waals surface area contributed by atoms with Crippen molar-refractivity contribution in [2.45, 2.75) is 31.0 Å². The normalized spacial score (nSPS) is 21.5. The molecule has 0 spiro atoms. The largest absolute Gasteiger partial charge is 0.508 e. The monoisotopic (exact) mass is 678 g/mol. The highest BCUT2D eigenvalue weighted by molar-refractivity contribution is 6.51. The van der Waals surface area contributed by atoms with Gasteiger partial charge in [0.25, 0.3) is 0 Å². The van der Waals surface area contributed by atoms with Crippen molar-refractivity contribution in [1.29, 1.82) is 0 Å². The third-order valence-electron chi connectivity index (χ3n) is 11.1. The zero-order chi connectivity index (χ0) is 36.0. The van der Waals surface area contributed by atoms with Crippen LogP contribution in [0.25, 0.3) is 49.0 Å². The molecule has 0 saturated carbocycles. The minimum atomic E-state index is -1.81. The van der Waals surface area contributed by atoms with Crippen LogP contribution in [0.2, 0.25) is 0 Å². The predicted molar refractivity (Wildman–Crippen MR) is 208 cm³/mol. The van der Waals surface area contributed by atoms with Gasteiger partial charge in [-0.25, -0.2) is 0 Å². The fraction of sp³-hybridized carbons (Fsp3) is 0.136. The van der Waals surface area contributed by atoms with Gasteiger partial charge in [-0.1, -0.05) is 108 Å². The van der Waals surface area contributed by atoms with E-state index in [0.717, 1.165) is 49.9 Å². The zero-order valence-electron chi connectivity index (χ0n) is 28.0. The summed E-state index contributed by atoms with van der Waals surface area (Å²) in [5, 5.41) is 75.6. The number of aliphatic hydroxyl groups excluding tert-OH is 4. The van der Waals surface area contributed by atoms with Crippen LogP contribution in [0, 0.1) is 5.92 Å². The first-order valence-corrected chi connectivity index (χ1v) is 17.3. The Morgan fingerprint density at radius 3 is 2.12 bits per heavy atom. The minimum absolute atomic E-state index is 0.110. The molecule has 6 aromatic carbocycles. The van der Waals surface area contributed by atoms with Crippen LogP contribution in [0.15, 0.2) is 132 Å². The van der Waals surface area contributed by atoms with E-state index < -0.39 is 41.3 Å².